The molecule has 2 aliphatic heterocycles. The van der Waals surface area contributed by atoms with E-state index in [1.807, 2.05) is 6.07 Å². The minimum absolute atomic E-state index is 0.496. The van der Waals surface area contributed by atoms with Crippen LogP contribution in [0.1, 0.15) is 24.4 Å². The molecule has 0 bridgehead atoms. The van der Waals surface area contributed by atoms with Crippen LogP contribution in [0.25, 0.3) is 0 Å². The van der Waals surface area contributed by atoms with Gasteiger partial charge in [0.1, 0.15) is 11.5 Å². The Labute approximate surface area is 102 Å². The molecule has 4 nitrogen and oxygen atoms in total. The molecule has 2 aliphatic rings. The van der Waals surface area contributed by atoms with E-state index in [-0.39, 0.29) is 0 Å². The first-order chi connectivity index (χ1) is 8.35. The van der Waals surface area contributed by atoms with E-state index in [0.717, 1.165) is 30.7 Å². The van der Waals surface area contributed by atoms with Gasteiger partial charge in [-0.25, -0.2) is 0 Å². The summed E-state index contributed by atoms with van der Waals surface area (Å²) in [4.78, 5) is 5.13. The molecule has 2 saturated heterocycles. The highest BCUT2D eigenvalue weighted by atomic mass is 16.3. The van der Waals surface area contributed by atoms with E-state index < -0.39 is 0 Å². The van der Waals surface area contributed by atoms with E-state index in [4.69, 9.17) is 10.2 Å². The lowest BCUT2D eigenvalue weighted by molar-refractivity contribution is 0.0938. The van der Waals surface area contributed by atoms with Gasteiger partial charge in [-0.15, -0.1) is 0 Å². The third kappa shape index (κ3) is 2.39. The maximum Gasteiger partial charge on any atom is 0.118 e. The molecule has 4 heteroatoms. The first-order valence-corrected chi connectivity index (χ1v) is 6.59. The number of nitrogens with two attached hydrogens (primary N) is 1. The van der Waals surface area contributed by atoms with Crippen LogP contribution in [0.5, 0.6) is 0 Å². The van der Waals surface area contributed by atoms with E-state index in [1.54, 1.807) is 0 Å². The molecule has 1 unspecified atom stereocenters. The van der Waals surface area contributed by atoms with Crippen LogP contribution in [-0.4, -0.2) is 42.0 Å². The van der Waals surface area contributed by atoms with Gasteiger partial charge in [-0.05, 0) is 31.5 Å². The van der Waals surface area contributed by atoms with Crippen molar-refractivity contribution in [2.45, 2.75) is 32.0 Å². The number of furan rings is 1. The Morgan fingerprint density at radius 1 is 1.24 bits per heavy atom. The second-order valence-electron chi connectivity index (χ2n) is 5.14. The normalized spacial score (nSPS) is 26.3. The maximum absolute atomic E-state index is 5.67. The molecule has 2 N–H and O–H groups in total. The van der Waals surface area contributed by atoms with E-state index in [1.165, 1.54) is 32.5 Å². The van der Waals surface area contributed by atoms with Gasteiger partial charge in [-0.2, -0.15) is 0 Å². The molecule has 3 heterocycles. The Bertz CT molecular complexity index is 376. The fourth-order valence-corrected chi connectivity index (χ4v) is 3.04. The molecule has 0 aromatic carbocycles. The Morgan fingerprint density at radius 2 is 2.12 bits per heavy atom. The first-order valence-electron chi connectivity index (χ1n) is 6.59. The molecule has 1 atom stereocenters. The average molecular weight is 235 g/mol. The van der Waals surface area contributed by atoms with Crippen LogP contribution in [0.2, 0.25) is 0 Å². The quantitative estimate of drug-likeness (QED) is 0.849. The van der Waals surface area contributed by atoms with Crippen LogP contribution < -0.4 is 5.73 Å². The number of hydrogen-bond donors (Lipinski definition) is 1. The molecular formula is C13H21N3O. The van der Waals surface area contributed by atoms with E-state index in [0.29, 0.717) is 6.54 Å². The number of hydrogen-bond acceptors (Lipinski definition) is 4. The number of nitrogens with zero attached hydrogens (tertiary/aromatic N) is 2. The van der Waals surface area contributed by atoms with Crippen LogP contribution in [0, 0.1) is 0 Å². The molecule has 94 valence electrons. The zero-order valence-corrected chi connectivity index (χ0v) is 10.3. The lowest BCUT2D eigenvalue weighted by Crippen LogP contribution is -2.49. The minimum atomic E-state index is 0.496. The van der Waals surface area contributed by atoms with Crippen LogP contribution in [-0.2, 0) is 13.1 Å². The zero-order valence-electron chi connectivity index (χ0n) is 10.3. The molecule has 1 aromatic heterocycles. The summed E-state index contributed by atoms with van der Waals surface area (Å²) < 4.78 is 5.67. The highest BCUT2D eigenvalue weighted by Crippen LogP contribution is 2.22. The van der Waals surface area contributed by atoms with Gasteiger partial charge in [-0.1, -0.05) is 0 Å². The maximum atomic E-state index is 5.67. The van der Waals surface area contributed by atoms with E-state index >= 15 is 0 Å². The fraction of sp³-hybridized carbons (Fsp3) is 0.692. The largest absolute Gasteiger partial charge is 0.463 e. The second-order valence-corrected chi connectivity index (χ2v) is 5.14. The smallest absolute Gasteiger partial charge is 0.118 e. The summed E-state index contributed by atoms with van der Waals surface area (Å²) in [7, 11) is 0. The van der Waals surface area contributed by atoms with Crippen LogP contribution in [0.15, 0.2) is 16.5 Å². The number of fused-ring (bicyclic) bond motifs is 1. The zero-order chi connectivity index (χ0) is 11.7. The Balaban J connectivity index is 1.58. The summed E-state index contributed by atoms with van der Waals surface area (Å²) in [6.07, 6.45) is 2.74. The standard InChI is InChI=1S/C13H21N3O/c14-8-12-3-4-13(17-12)10-15-6-7-16-5-1-2-11(16)9-15/h3-4,11H,1-2,5-10,14H2. The Morgan fingerprint density at radius 3 is 2.94 bits per heavy atom. The Kier molecular flexibility index (Phi) is 3.18. The van der Waals surface area contributed by atoms with Gasteiger partial charge >= 0.3 is 0 Å². The highest BCUT2D eigenvalue weighted by molar-refractivity contribution is 5.07. The average Bonchev–Trinajstić information content (AvgIpc) is 2.96. The lowest BCUT2D eigenvalue weighted by atomic mass is 10.1. The molecule has 0 saturated carbocycles. The topological polar surface area (TPSA) is 45.6 Å². The molecule has 2 fully saturated rings. The van der Waals surface area contributed by atoms with Gasteiger partial charge in [0.15, 0.2) is 0 Å². The van der Waals surface area contributed by atoms with E-state index in [2.05, 4.69) is 15.9 Å². The minimum Gasteiger partial charge on any atom is -0.463 e. The van der Waals surface area contributed by atoms with Crippen molar-refractivity contribution in [1.82, 2.24) is 9.80 Å². The third-order valence-electron chi connectivity index (χ3n) is 3.97. The number of piperazine rings is 1. The van der Waals surface area contributed by atoms with Gasteiger partial charge in [0.2, 0.25) is 0 Å². The monoisotopic (exact) mass is 235 g/mol. The van der Waals surface area contributed by atoms with Crippen LogP contribution in [0.3, 0.4) is 0 Å². The van der Waals surface area contributed by atoms with Crippen LogP contribution in [0.4, 0.5) is 0 Å². The summed E-state index contributed by atoms with van der Waals surface area (Å²) in [6, 6.07) is 4.83. The molecular weight excluding hydrogens is 214 g/mol. The van der Waals surface area contributed by atoms with Gasteiger partial charge in [0.25, 0.3) is 0 Å². The first kappa shape index (κ1) is 11.3. The van der Waals surface area contributed by atoms with Gasteiger partial charge in [0, 0.05) is 25.7 Å². The highest BCUT2D eigenvalue weighted by Gasteiger charge is 2.30. The molecule has 0 radical (unpaired) electrons. The van der Waals surface area contributed by atoms with Crippen molar-refractivity contribution in [2.75, 3.05) is 26.2 Å². The molecule has 0 aliphatic carbocycles. The Hall–Kier alpha value is -0.840. The van der Waals surface area contributed by atoms with Gasteiger partial charge in [0.05, 0.1) is 13.1 Å². The summed E-state index contributed by atoms with van der Waals surface area (Å²) in [5.74, 6) is 1.94. The fourth-order valence-electron chi connectivity index (χ4n) is 3.04. The summed E-state index contributed by atoms with van der Waals surface area (Å²) in [5, 5.41) is 0. The van der Waals surface area contributed by atoms with Crippen molar-refractivity contribution in [3.8, 4) is 0 Å². The van der Waals surface area contributed by atoms with Crippen molar-refractivity contribution < 1.29 is 4.42 Å². The molecule has 1 aromatic rings. The van der Waals surface area contributed by atoms with E-state index in [9.17, 15) is 0 Å². The summed E-state index contributed by atoms with van der Waals surface area (Å²) >= 11 is 0. The molecule has 17 heavy (non-hydrogen) atoms. The van der Waals surface area contributed by atoms with Crippen molar-refractivity contribution in [1.29, 1.82) is 0 Å². The molecule has 0 spiro atoms. The van der Waals surface area contributed by atoms with Crippen LogP contribution >= 0.6 is 0 Å². The summed E-state index contributed by atoms with van der Waals surface area (Å²) in [6.45, 7) is 6.31. The van der Waals surface area contributed by atoms with Crippen molar-refractivity contribution in [3.63, 3.8) is 0 Å². The molecule has 3 rings (SSSR count). The van der Waals surface area contributed by atoms with Gasteiger partial charge < -0.3 is 10.2 Å². The van der Waals surface area contributed by atoms with Crippen molar-refractivity contribution in [2.24, 2.45) is 5.73 Å². The predicted molar refractivity (Wildman–Crippen MR) is 66.5 cm³/mol. The lowest BCUT2D eigenvalue weighted by Gasteiger charge is -2.37. The predicted octanol–water partition coefficient (Wildman–Crippen LogP) is 1.02. The SMILES string of the molecule is NCc1ccc(CN2CCN3CCCC3C2)o1. The molecule has 0 amide bonds. The summed E-state index contributed by atoms with van der Waals surface area (Å²) in [5.41, 5.74) is 5.55. The number of rotatable bonds is 3. The van der Waals surface area contributed by atoms with Crippen molar-refractivity contribution in [3.05, 3.63) is 23.7 Å². The third-order valence-corrected chi connectivity index (χ3v) is 3.97. The van der Waals surface area contributed by atoms with Gasteiger partial charge in [-0.3, -0.25) is 9.80 Å². The van der Waals surface area contributed by atoms with Crippen molar-refractivity contribution >= 4 is 0 Å². The second kappa shape index (κ2) is 4.80.